The Morgan fingerprint density at radius 3 is 3.04 bits per heavy atom. The van der Waals surface area contributed by atoms with Crippen molar-refractivity contribution in [1.29, 1.82) is 0 Å². The third kappa shape index (κ3) is 4.00. The van der Waals surface area contributed by atoms with Crippen molar-refractivity contribution in [3.05, 3.63) is 34.5 Å². The fourth-order valence-corrected chi connectivity index (χ4v) is 5.47. The first-order valence-corrected chi connectivity index (χ1v) is 11.3. The van der Waals surface area contributed by atoms with E-state index < -0.39 is 0 Å². The van der Waals surface area contributed by atoms with Gasteiger partial charge < -0.3 is 9.47 Å². The van der Waals surface area contributed by atoms with Gasteiger partial charge in [0.25, 0.3) is 5.91 Å². The van der Waals surface area contributed by atoms with Crippen LogP contribution >= 0.6 is 23.1 Å². The molecule has 0 aromatic carbocycles. The Balaban J connectivity index is 1.48. The first kappa shape index (κ1) is 19.2. The van der Waals surface area contributed by atoms with Gasteiger partial charge in [0.1, 0.15) is 17.6 Å². The number of carbonyl (C=O) groups excluding carboxylic acids is 2. The van der Waals surface area contributed by atoms with Crippen LogP contribution in [0.1, 0.15) is 46.6 Å². The second-order valence-corrected chi connectivity index (χ2v) is 8.82. The number of hydrogen-bond donors (Lipinski definition) is 1. The van der Waals surface area contributed by atoms with Crippen molar-refractivity contribution in [2.45, 2.75) is 38.2 Å². The summed E-state index contributed by atoms with van der Waals surface area (Å²) in [5.41, 5.74) is 1.11. The lowest BCUT2D eigenvalue weighted by atomic mass is 10.1. The molecule has 0 saturated carbocycles. The maximum absolute atomic E-state index is 12.8. The fraction of sp³-hybridized carbons (Fsp3) is 0.474. The summed E-state index contributed by atoms with van der Waals surface area (Å²) in [6.45, 7) is 2.14. The molecule has 0 radical (unpaired) electrons. The van der Waals surface area contributed by atoms with Gasteiger partial charge in [0.15, 0.2) is 5.13 Å². The van der Waals surface area contributed by atoms with Gasteiger partial charge in [-0.1, -0.05) is 0 Å². The maximum Gasteiger partial charge on any atom is 0.315 e. The van der Waals surface area contributed by atoms with Crippen molar-refractivity contribution in [1.82, 2.24) is 9.97 Å². The minimum Gasteiger partial charge on any atom is -0.473 e. The molecule has 1 saturated heterocycles. The lowest BCUT2D eigenvalue weighted by molar-refractivity contribution is -0.145. The number of thiazole rings is 1. The summed E-state index contributed by atoms with van der Waals surface area (Å²) < 4.78 is 11.1. The van der Waals surface area contributed by atoms with Crippen LogP contribution < -0.4 is 10.1 Å². The number of hydrogen-bond acceptors (Lipinski definition) is 8. The molecule has 1 fully saturated rings. The summed E-state index contributed by atoms with van der Waals surface area (Å²) in [7, 11) is 0. The summed E-state index contributed by atoms with van der Waals surface area (Å²) in [6.07, 6.45) is 4.14. The first-order valence-electron chi connectivity index (χ1n) is 9.32. The van der Waals surface area contributed by atoms with E-state index in [1.807, 2.05) is 11.8 Å². The molecule has 3 heterocycles. The fourth-order valence-electron chi connectivity index (χ4n) is 3.34. The van der Waals surface area contributed by atoms with Crippen molar-refractivity contribution in [3.8, 4) is 5.88 Å². The largest absolute Gasteiger partial charge is 0.473 e. The SMILES string of the molecule is CCOC(=O)C1CCc2sc(NC(=O)c3cccnc3OC3CCSC3)nc21. The lowest BCUT2D eigenvalue weighted by Gasteiger charge is -2.14. The molecule has 28 heavy (non-hydrogen) atoms. The quantitative estimate of drug-likeness (QED) is 0.719. The molecule has 4 rings (SSSR count). The van der Waals surface area contributed by atoms with Gasteiger partial charge in [-0.05, 0) is 44.1 Å². The topological polar surface area (TPSA) is 90.4 Å². The molecule has 2 aromatic heterocycles. The monoisotopic (exact) mass is 419 g/mol. The number of nitrogens with zero attached hydrogens (tertiary/aromatic N) is 2. The standard InChI is InChI=1S/C19H21N3O4S2/c1-2-25-18(24)12-5-6-14-15(12)21-19(28-14)22-16(23)13-4-3-8-20-17(13)26-11-7-9-27-10-11/h3-4,8,11-12H,2,5-7,9-10H2,1H3,(H,21,22,23). The van der Waals surface area contributed by atoms with Crippen molar-refractivity contribution >= 4 is 40.1 Å². The number of carbonyl (C=O) groups is 2. The van der Waals surface area contributed by atoms with Gasteiger partial charge in [-0.2, -0.15) is 11.8 Å². The van der Waals surface area contributed by atoms with Crippen molar-refractivity contribution in [2.24, 2.45) is 0 Å². The molecule has 1 N–H and O–H groups in total. The van der Waals surface area contributed by atoms with Crippen LogP contribution in [0.25, 0.3) is 0 Å². The molecule has 1 aliphatic heterocycles. The second kappa shape index (κ2) is 8.48. The Morgan fingerprint density at radius 2 is 2.25 bits per heavy atom. The van der Waals surface area contributed by atoms with Crippen LogP contribution in [-0.2, 0) is 16.0 Å². The highest BCUT2D eigenvalue weighted by atomic mass is 32.2. The molecule has 2 atom stereocenters. The number of nitrogens with one attached hydrogen (secondary N) is 1. The van der Waals surface area contributed by atoms with Gasteiger partial charge in [-0.15, -0.1) is 11.3 Å². The minimum atomic E-state index is -0.339. The molecule has 148 valence electrons. The highest BCUT2D eigenvalue weighted by molar-refractivity contribution is 7.99. The molecular weight excluding hydrogens is 398 g/mol. The third-order valence-corrected chi connectivity index (χ3v) is 6.87. The number of aromatic nitrogens is 2. The molecule has 1 aliphatic carbocycles. The van der Waals surface area contributed by atoms with E-state index in [1.54, 1.807) is 25.3 Å². The van der Waals surface area contributed by atoms with Crippen LogP contribution in [0.2, 0.25) is 0 Å². The number of pyridine rings is 1. The van der Waals surface area contributed by atoms with Crippen LogP contribution in [0.15, 0.2) is 18.3 Å². The molecule has 2 aromatic rings. The van der Waals surface area contributed by atoms with Crippen LogP contribution in [0, 0.1) is 0 Å². The molecule has 7 nitrogen and oxygen atoms in total. The summed E-state index contributed by atoms with van der Waals surface area (Å²) in [5.74, 6) is 1.42. The van der Waals surface area contributed by atoms with Gasteiger partial charge in [-0.25, -0.2) is 9.97 Å². The molecule has 0 spiro atoms. The van der Waals surface area contributed by atoms with E-state index in [2.05, 4.69) is 15.3 Å². The second-order valence-electron chi connectivity index (χ2n) is 6.58. The number of amides is 1. The van der Waals surface area contributed by atoms with E-state index in [4.69, 9.17) is 9.47 Å². The highest BCUT2D eigenvalue weighted by Gasteiger charge is 2.34. The molecule has 1 amide bonds. The van der Waals surface area contributed by atoms with Crippen LogP contribution in [0.3, 0.4) is 0 Å². The number of anilines is 1. The number of ether oxygens (including phenoxy) is 2. The van der Waals surface area contributed by atoms with Crippen molar-refractivity contribution < 1.29 is 19.1 Å². The van der Waals surface area contributed by atoms with Gasteiger partial charge >= 0.3 is 5.97 Å². The van der Waals surface area contributed by atoms with E-state index in [0.29, 0.717) is 29.6 Å². The average molecular weight is 420 g/mol. The Bertz CT molecular complexity index is 880. The van der Waals surface area contributed by atoms with Crippen molar-refractivity contribution in [3.63, 3.8) is 0 Å². The number of thioether (sulfide) groups is 1. The predicted molar refractivity (Wildman–Crippen MR) is 108 cm³/mol. The zero-order chi connectivity index (χ0) is 19.5. The van der Waals surface area contributed by atoms with E-state index in [0.717, 1.165) is 34.9 Å². The third-order valence-electron chi connectivity index (χ3n) is 4.69. The van der Waals surface area contributed by atoms with E-state index in [1.165, 1.54) is 11.3 Å². The Labute approximate surface area is 171 Å². The van der Waals surface area contributed by atoms with Gasteiger partial charge in [0, 0.05) is 16.8 Å². The van der Waals surface area contributed by atoms with Gasteiger partial charge in [-0.3, -0.25) is 14.9 Å². The Hall–Kier alpha value is -2.13. The minimum absolute atomic E-state index is 0.0838. The van der Waals surface area contributed by atoms with Crippen LogP contribution in [0.5, 0.6) is 5.88 Å². The maximum atomic E-state index is 12.8. The van der Waals surface area contributed by atoms with E-state index in [-0.39, 0.29) is 23.9 Å². The van der Waals surface area contributed by atoms with Gasteiger partial charge in [0.2, 0.25) is 5.88 Å². The number of esters is 1. The Morgan fingerprint density at radius 1 is 1.36 bits per heavy atom. The molecule has 2 aliphatic rings. The smallest absolute Gasteiger partial charge is 0.315 e. The van der Waals surface area contributed by atoms with Gasteiger partial charge in [0.05, 0.1) is 12.3 Å². The normalized spacial score (nSPS) is 20.6. The average Bonchev–Trinajstić information content (AvgIpc) is 3.40. The van der Waals surface area contributed by atoms with Crippen LogP contribution in [0.4, 0.5) is 5.13 Å². The summed E-state index contributed by atoms with van der Waals surface area (Å²) in [5, 5.41) is 3.32. The van der Waals surface area contributed by atoms with E-state index in [9.17, 15) is 9.59 Å². The van der Waals surface area contributed by atoms with E-state index >= 15 is 0 Å². The highest BCUT2D eigenvalue weighted by Crippen LogP contribution is 2.39. The number of rotatable bonds is 6. The lowest BCUT2D eigenvalue weighted by Crippen LogP contribution is -2.20. The van der Waals surface area contributed by atoms with Crippen LogP contribution in [-0.4, -0.2) is 46.1 Å². The zero-order valence-electron chi connectivity index (χ0n) is 15.5. The number of fused-ring (bicyclic) bond motifs is 1. The number of aryl methyl sites for hydroxylation is 1. The molecule has 2 unspecified atom stereocenters. The summed E-state index contributed by atoms with van der Waals surface area (Å²) in [4.78, 5) is 34.7. The first-order chi connectivity index (χ1) is 13.7. The summed E-state index contributed by atoms with van der Waals surface area (Å²) in [6, 6.07) is 3.41. The Kier molecular flexibility index (Phi) is 5.82. The molecule has 9 heteroatoms. The molecule has 0 bridgehead atoms. The summed E-state index contributed by atoms with van der Waals surface area (Å²) >= 11 is 3.25. The zero-order valence-corrected chi connectivity index (χ0v) is 17.1. The van der Waals surface area contributed by atoms with Crippen molar-refractivity contribution in [2.75, 3.05) is 23.4 Å². The molecular formula is C19H21N3O4S2. The predicted octanol–water partition coefficient (Wildman–Crippen LogP) is 3.27.